The monoisotopic (exact) mass is 217 g/mol. The molecule has 0 aliphatic rings. The van der Waals surface area contributed by atoms with Crippen molar-refractivity contribution < 1.29 is 0 Å². The zero-order chi connectivity index (χ0) is 10.7. The number of hydrogen-bond acceptors (Lipinski definition) is 2. The van der Waals surface area contributed by atoms with Crippen molar-refractivity contribution in [2.24, 2.45) is 0 Å². The van der Waals surface area contributed by atoms with Crippen LogP contribution in [0.4, 0.5) is 0 Å². The Morgan fingerprint density at radius 1 is 1.07 bits per heavy atom. The Bertz CT molecular complexity index is 410. The summed E-state index contributed by atoms with van der Waals surface area (Å²) in [5.41, 5.74) is 3.91. The quantitative estimate of drug-likeness (QED) is 0.759. The lowest BCUT2D eigenvalue weighted by Gasteiger charge is -2.03. The Hall–Kier alpha value is -1.15. The topological polar surface area (TPSA) is 12.9 Å². The molecule has 0 atom stereocenters. The van der Waals surface area contributed by atoms with E-state index in [1.54, 1.807) is 11.5 Å². The molecule has 0 amide bonds. The molecule has 0 spiro atoms. The van der Waals surface area contributed by atoms with Gasteiger partial charge in [-0.25, -0.2) is 0 Å². The molecule has 2 aromatic rings. The lowest BCUT2D eigenvalue weighted by atomic mass is 10.0. The van der Waals surface area contributed by atoms with E-state index in [0.29, 0.717) is 0 Å². The highest BCUT2D eigenvalue weighted by molar-refractivity contribution is 7.06. The molecule has 1 aromatic carbocycles. The zero-order valence-corrected chi connectivity index (χ0v) is 9.97. The fraction of sp³-hybridized carbons (Fsp3) is 0.308. The summed E-state index contributed by atoms with van der Waals surface area (Å²) in [6.07, 6.45) is 2.09. The molecule has 0 N–H and O–H groups in total. The molecule has 0 saturated carbocycles. The second kappa shape index (κ2) is 4.58. The van der Waals surface area contributed by atoms with Gasteiger partial charge in [-0.3, -0.25) is 0 Å². The minimum atomic E-state index is 1.01. The molecule has 0 radical (unpaired) electrons. The summed E-state index contributed by atoms with van der Waals surface area (Å²) in [6, 6.07) is 10.6. The van der Waals surface area contributed by atoms with Crippen LogP contribution in [-0.4, -0.2) is 4.37 Å². The number of benzene rings is 1. The van der Waals surface area contributed by atoms with Gasteiger partial charge in [0.2, 0.25) is 0 Å². The average Bonchev–Trinajstić information content (AvgIpc) is 2.72. The number of aryl methyl sites for hydroxylation is 2. The normalized spacial score (nSPS) is 10.5. The predicted molar refractivity (Wildman–Crippen MR) is 66.3 cm³/mol. The van der Waals surface area contributed by atoms with Crippen LogP contribution in [-0.2, 0) is 12.8 Å². The van der Waals surface area contributed by atoms with E-state index in [0.717, 1.165) is 12.8 Å². The highest BCUT2D eigenvalue weighted by Gasteiger charge is 2.12. The zero-order valence-electron chi connectivity index (χ0n) is 9.16. The summed E-state index contributed by atoms with van der Waals surface area (Å²) in [6.45, 7) is 4.36. The highest BCUT2D eigenvalue weighted by atomic mass is 32.1. The number of nitrogens with zero attached hydrogens (tertiary/aromatic N) is 1. The van der Waals surface area contributed by atoms with Gasteiger partial charge in [-0.05, 0) is 29.9 Å². The summed E-state index contributed by atoms with van der Waals surface area (Å²) in [5.74, 6) is 0. The number of rotatable bonds is 3. The van der Waals surface area contributed by atoms with Crippen LogP contribution in [0.15, 0.2) is 30.3 Å². The Balaban J connectivity index is 2.55. The smallest absolute Gasteiger partial charge is 0.0620 e. The first-order chi connectivity index (χ1) is 7.36. The molecule has 0 aliphatic heterocycles. The van der Waals surface area contributed by atoms with E-state index in [1.807, 2.05) is 0 Å². The van der Waals surface area contributed by atoms with Crippen LogP contribution < -0.4 is 0 Å². The molecule has 15 heavy (non-hydrogen) atoms. The van der Waals surface area contributed by atoms with E-state index < -0.39 is 0 Å². The molecule has 2 rings (SSSR count). The first-order valence-electron chi connectivity index (χ1n) is 5.39. The molecular formula is C13H15NS. The van der Waals surface area contributed by atoms with E-state index in [9.17, 15) is 0 Å². The van der Waals surface area contributed by atoms with Gasteiger partial charge in [0.05, 0.1) is 5.69 Å². The number of aromatic nitrogens is 1. The van der Waals surface area contributed by atoms with Crippen molar-refractivity contribution in [2.45, 2.75) is 26.7 Å². The fourth-order valence-corrected chi connectivity index (χ4v) is 2.67. The van der Waals surface area contributed by atoms with Crippen molar-refractivity contribution in [3.63, 3.8) is 0 Å². The SMILES string of the molecule is CCc1nsc(CC)c1-c1ccccc1. The van der Waals surface area contributed by atoms with Crippen molar-refractivity contribution in [3.8, 4) is 11.1 Å². The molecule has 2 heteroatoms. The first-order valence-corrected chi connectivity index (χ1v) is 6.17. The van der Waals surface area contributed by atoms with E-state index in [4.69, 9.17) is 0 Å². The summed E-state index contributed by atoms with van der Waals surface area (Å²) in [7, 11) is 0. The summed E-state index contributed by atoms with van der Waals surface area (Å²) in [5, 5.41) is 0. The van der Waals surface area contributed by atoms with Crippen LogP contribution in [0.5, 0.6) is 0 Å². The third kappa shape index (κ3) is 1.95. The molecule has 0 fully saturated rings. The van der Waals surface area contributed by atoms with Crippen molar-refractivity contribution in [1.82, 2.24) is 4.37 Å². The fourth-order valence-electron chi connectivity index (χ4n) is 1.78. The highest BCUT2D eigenvalue weighted by Crippen LogP contribution is 2.30. The summed E-state index contributed by atoms with van der Waals surface area (Å²) < 4.78 is 4.52. The molecule has 78 valence electrons. The van der Waals surface area contributed by atoms with Crippen LogP contribution in [0.1, 0.15) is 24.4 Å². The maximum Gasteiger partial charge on any atom is 0.0620 e. The van der Waals surface area contributed by atoms with Crippen LogP contribution >= 0.6 is 11.5 Å². The predicted octanol–water partition coefficient (Wildman–Crippen LogP) is 3.93. The molecule has 0 bridgehead atoms. The van der Waals surface area contributed by atoms with Gasteiger partial charge < -0.3 is 0 Å². The van der Waals surface area contributed by atoms with Gasteiger partial charge >= 0.3 is 0 Å². The molecular weight excluding hydrogens is 202 g/mol. The average molecular weight is 217 g/mol. The minimum absolute atomic E-state index is 1.01. The molecule has 0 aliphatic carbocycles. The minimum Gasteiger partial charge on any atom is -0.197 e. The standard InChI is InChI=1S/C13H15NS/c1-3-11-13(12(4-2)15-14-11)10-8-6-5-7-9-10/h5-9H,3-4H2,1-2H3. The van der Waals surface area contributed by atoms with Gasteiger partial charge in [0.1, 0.15) is 0 Å². The Morgan fingerprint density at radius 3 is 2.40 bits per heavy atom. The molecule has 0 unspecified atom stereocenters. The van der Waals surface area contributed by atoms with E-state index in [-0.39, 0.29) is 0 Å². The van der Waals surface area contributed by atoms with Crippen LogP contribution in [0, 0.1) is 0 Å². The Labute approximate surface area is 94.9 Å². The van der Waals surface area contributed by atoms with Gasteiger partial charge in [0, 0.05) is 10.4 Å². The van der Waals surface area contributed by atoms with Gasteiger partial charge in [-0.2, -0.15) is 4.37 Å². The number of hydrogen-bond donors (Lipinski definition) is 0. The largest absolute Gasteiger partial charge is 0.197 e. The van der Waals surface area contributed by atoms with E-state index in [2.05, 4.69) is 48.6 Å². The van der Waals surface area contributed by atoms with E-state index >= 15 is 0 Å². The lowest BCUT2D eigenvalue weighted by molar-refractivity contribution is 1.08. The van der Waals surface area contributed by atoms with Crippen LogP contribution in [0.2, 0.25) is 0 Å². The van der Waals surface area contributed by atoms with Crippen molar-refractivity contribution >= 4 is 11.5 Å². The van der Waals surface area contributed by atoms with E-state index in [1.165, 1.54) is 21.7 Å². The van der Waals surface area contributed by atoms with Crippen molar-refractivity contribution in [1.29, 1.82) is 0 Å². The second-order valence-corrected chi connectivity index (χ2v) is 4.36. The van der Waals surface area contributed by atoms with Gasteiger partial charge in [-0.15, -0.1) is 0 Å². The molecule has 1 nitrogen and oxygen atoms in total. The van der Waals surface area contributed by atoms with Crippen molar-refractivity contribution in [2.75, 3.05) is 0 Å². The third-order valence-electron chi connectivity index (χ3n) is 2.55. The van der Waals surface area contributed by atoms with Crippen molar-refractivity contribution in [3.05, 3.63) is 40.9 Å². The summed E-state index contributed by atoms with van der Waals surface area (Å²) in [4.78, 5) is 1.40. The maximum absolute atomic E-state index is 4.52. The van der Waals surface area contributed by atoms with Gasteiger partial charge in [0.15, 0.2) is 0 Å². The van der Waals surface area contributed by atoms with Crippen LogP contribution in [0.25, 0.3) is 11.1 Å². The molecule has 1 heterocycles. The lowest BCUT2D eigenvalue weighted by Crippen LogP contribution is -1.87. The Kier molecular flexibility index (Phi) is 3.17. The van der Waals surface area contributed by atoms with Crippen LogP contribution in [0.3, 0.4) is 0 Å². The molecule has 1 aromatic heterocycles. The molecule has 0 saturated heterocycles. The van der Waals surface area contributed by atoms with Gasteiger partial charge in [0.25, 0.3) is 0 Å². The Morgan fingerprint density at radius 2 is 1.80 bits per heavy atom. The second-order valence-electron chi connectivity index (χ2n) is 3.50. The van der Waals surface area contributed by atoms with Gasteiger partial charge in [-0.1, -0.05) is 44.2 Å². The first kappa shape index (κ1) is 10.4. The third-order valence-corrected chi connectivity index (χ3v) is 3.58. The summed E-state index contributed by atoms with van der Waals surface area (Å²) >= 11 is 1.65. The maximum atomic E-state index is 4.52.